The highest BCUT2D eigenvalue weighted by atomic mass is 32.2. The van der Waals surface area contributed by atoms with Crippen molar-refractivity contribution in [2.75, 3.05) is 25.6 Å². The second kappa shape index (κ2) is 9.71. The molecule has 0 bridgehead atoms. The van der Waals surface area contributed by atoms with Crippen LogP contribution in [-0.4, -0.2) is 59.4 Å². The predicted molar refractivity (Wildman–Crippen MR) is 86.8 cm³/mol. The molecule has 2 amide bonds. The average molecular weight is 330 g/mol. The number of carboxylic acids is 1. The molecular weight excluding hydrogens is 304 g/mol. The van der Waals surface area contributed by atoms with Crippen molar-refractivity contribution in [3.05, 3.63) is 0 Å². The van der Waals surface area contributed by atoms with Crippen molar-refractivity contribution in [2.45, 2.75) is 44.6 Å². The van der Waals surface area contributed by atoms with Crippen molar-refractivity contribution in [2.24, 2.45) is 5.92 Å². The molecule has 1 rings (SSSR count). The van der Waals surface area contributed by atoms with Gasteiger partial charge in [0.05, 0.1) is 6.54 Å². The summed E-state index contributed by atoms with van der Waals surface area (Å²) in [5.74, 6) is -0.791. The third-order valence-corrected chi connectivity index (χ3v) is 4.78. The van der Waals surface area contributed by atoms with Crippen molar-refractivity contribution < 1.29 is 19.5 Å². The molecule has 126 valence electrons. The Labute approximate surface area is 136 Å². The van der Waals surface area contributed by atoms with E-state index in [1.54, 1.807) is 11.8 Å². The summed E-state index contributed by atoms with van der Waals surface area (Å²) in [6, 6.07) is -0.841. The number of amides is 2. The Hall–Kier alpha value is -1.24. The van der Waals surface area contributed by atoms with E-state index in [1.165, 1.54) is 18.4 Å². The monoisotopic (exact) mass is 330 g/mol. The smallest absolute Gasteiger partial charge is 0.326 e. The first-order chi connectivity index (χ1) is 10.5. The summed E-state index contributed by atoms with van der Waals surface area (Å²) in [5, 5.41) is 11.9. The predicted octanol–water partition coefficient (Wildman–Crippen LogP) is 1.35. The molecule has 0 heterocycles. The molecule has 0 aromatic carbocycles. The number of carbonyl (C=O) groups excluding carboxylic acids is 2. The van der Waals surface area contributed by atoms with Crippen LogP contribution in [-0.2, 0) is 14.4 Å². The van der Waals surface area contributed by atoms with Gasteiger partial charge in [0.1, 0.15) is 6.04 Å². The highest BCUT2D eigenvalue weighted by molar-refractivity contribution is 7.98. The molecule has 22 heavy (non-hydrogen) atoms. The van der Waals surface area contributed by atoms with Gasteiger partial charge in [0.15, 0.2) is 0 Å². The van der Waals surface area contributed by atoms with Crippen LogP contribution in [0, 0.1) is 5.92 Å². The molecule has 1 aliphatic rings. The van der Waals surface area contributed by atoms with Crippen LogP contribution in [0.2, 0.25) is 0 Å². The van der Waals surface area contributed by atoms with E-state index in [1.807, 2.05) is 6.26 Å². The van der Waals surface area contributed by atoms with Gasteiger partial charge in [0.2, 0.25) is 11.8 Å². The second-order valence-corrected chi connectivity index (χ2v) is 6.68. The number of nitrogens with one attached hydrogen (secondary N) is 1. The molecule has 1 fully saturated rings. The third-order valence-electron chi connectivity index (χ3n) is 4.13. The summed E-state index contributed by atoms with van der Waals surface area (Å²) in [5.41, 5.74) is 0. The van der Waals surface area contributed by atoms with E-state index in [9.17, 15) is 19.5 Å². The molecule has 7 heteroatoms. The summed E-state index contributed by atoms with van der Waals surface area (Å²) in [4.78, 5) is 36.5. The minimum Gasteiger partial charge on any atom is -0.480 e. The van der Waals surface area contributed by atoms with Gasteiger partial charge in [-0.25, -0.2) is 4.79 Å². The van der Waals surface area contributed by atoms with E-state index in [4.69, 9.17) is 0 Å². The highest BCUT2D eigenvalue weighted by Gasteiger charge is 2.27. The fraction of sp³-hybridized carbons (Fsp3) is 0.800. The first-order valence-electron chi connectivity index (χ1n) is 7.72. The van der Waals surface area contributed by atoms with Crippen LogP contribution < -0.4 is 5.32 Å². The Morgan fingerprint density at radius 3 is 2.45 bits per heavy atom. The summed E-state index contributed by atoms with van der Waals surface area (Å²) >= 11 is 1.54. The fourth-order valence-electron chi connectivity index (χ4n) is 2.68. The van der Waals surface area contributed by atoms with Crippen molar-refractivity contribution in [3.63, 3.8) is 0 Å². The first-order valence-corrected chi connectivity index (χ1v) is 9.11. The van der Waals surface area contributed by atoms with Gasteiger partial charge < -0.3 is 15.3 Å². The summed E-state index contributed by atoms with van der Waals surface area (Å²) in [7, 11) is 1.48. The van der Waals surface area contributed by atoms with Gasteiger partial charge in [0.25, 0.3) is 0 Å². The van der Waals surface area contributed by atoms with Crippen LogP contribution >= 0.6 is 11.8 Å². The molecule has 0 unspecified atom stereocenters. The highest BCUT2D eigenvalue weighted by Crippen LogP contribution is 2.23. The zero-order chi connectivity index (χ0) is 16.5. The molecule has 0 saturated heterocycles. The summed E-state index contributed by atoms with van der Waals surface area (Å²) in [6.45, 7) is -0.130. The number of carboxylic acid groups (broad SMARTS) is 1. The van der Waals surface area contributed by atoms with Gasteiger partial charge >= 0.3 is 5.97 Å². The Morgan fingerprint density at radius 2 is 1.91 bits per heavy atom. The molecule has 1 atom stereocenters. The van der Waals surface area contributed by atoms with Gasteiger partial charge in [-0.3, -0.25) is 9.59 Å². The van der Waals surface area contributed by atoms with Crippen molar-refractivity contribution in [3.8, 4) is 0 Å². The summed E-state index contributed by atoms with van der Waals surface area (Å²) in [6.07, 6.45) is 7.33. The Balaban J connectivity index is 2.44. The number of thioether (sulfide) groups is 1. The number of hydrogen-bond donors (Lipinski definition) is 2. The minimum absolute atomic E-state index is 0.00128. The summed E-state index contributed by atoms with van der Waals surface area (Å²) < 4.78 is 0. The van der Waals surface area contributed by atoms with Gasteiger partial charge in [-0.15, -0.1) is 0 Å². The lowest BCUT2D eigenvalue weighted by Gasteiger charge is -2.26. The van der Waals surface area contributed by atoms with Crippen LogP contribution in [0.25, 0.3) is 0 Å². The molecule has 2 N–H and O–H groups in total. The van der Waals surface area contributed by atoms with Crippen molar-refractivity contribution in [1.82, 2.24) is 10.2 Å². The zero-order valence-electron chi connectivity index (χ0n) is 13.3. The third kappa shape index (κ3) is 5.87. The van der Waals surface area contributed by atoms with Gasteiger partial charge in [0, 0.05) is 13.0 Å². The number of carbonyl (C=O) groups is 3. The molecule has 0 spiro atoms. The van der Waals surface area contributed by atoms with E-state index in [0.717, 1.165) is 25.7 Å². The number of rotatable bonds is 8. The lowest BCUT2D eigenvalue weighted by Crippen LogP contribution is -2.47. The van der Waals surface area contributed by atoms with Gasteiger partial charge in [-0.05, 0) is 31.3 Å². The van der Waals surface area contributed by atoms with Crippen LogP contribution in [0.4, 0.5) is 0 Å². The maximum atomic E-state index is 12.1. The van der Waals surface area contributed by atoms with Crippen LogP contribution in [0.15, 0.2) is 0 Å². The molecule has 0 aromatic heterocycles. The van der Waals surface area contributed by atoms with E-state index < -0.39 is 12.0 Å². The normalized spacial score (nSPS) is 16.8. The largest absolute Gasteiger partial charge is 0.480 e. The molecule has 6 nitrogen and oxygen atoms in total. The van der Waals surface area contributed by atoms with Crippen molar-refractivity contribution in [1.29, 1.82) is 0 Å². The molecule has 1 saturated carbocycles. The number of nitrogens with zero attached hydrogens (tertiary/aromatic N) is 1. The maximum Gasteiger partial charge on any atom is 0.326 e. The van der Waals surface area contributed by atoms with Gasteiger partial charge in [-0.1, -0.05) is 19.3 Å². The topological polar surface area (TPSA) is 86.7 Å². The molecule has 0 radical (unpaired) electrons. The van der Waals surface area contributed by atoms with Crippen LogP contribution in [0.1, 0.15) is 38.5 Å². The quantitative estimate of drug-likeness (QED) is 0.701. The number of hydrogen-bond acceptors (Lipinski definition) is 4. The Bertz CT molecular complexity index is 397. The maximum absolute atomic E-state index is 12.1. The minimum atomic E-state index is -1.01. The molecule has 0 aromatic rings. The standard InChI is InChI=1S/C15H26N2O4S/c1-17(12(15(20)21)8-9-22-2)13(18)10-16-14(19)11-6-4-3-5-7-11/h11-12H,3-10H2,1-2H3,(H,16,19)(H,20,21)/t12-/m0/s1. The SMILES string of the molecule is CSCC[C@@H](C(=O)O)N(C)C(=O)CNC(=O)C1CCCCC1. The number of likely N-dealkylation sites (N-methyl/N-ethyl adjacent to an activating group) is 1. The molecule has 0 aliphatic heterocycles. The van der Waals surface area contributed by atoms with E-state index in [2.05, 4.69) is 5.32 Å². The Morgan fingerprint density at radius 1 is 1.27 bits per heavy atom. The fourth-order valence-corrected chi connectivity index (χ4v) is 3.14. The van der Waals surface area contributed by atoms with E-state index in [0.29, 0.717) is 12.2 Å². The zero-order valence-corrected chi connectivity index (χ0v) is 14.2. The Kier molecular flexibility index (Phi) is 8.30. The van der Waals surface area contributed by atoms with E-state index in [-0.39, 0.29) is 24.3 Å². The lowest BCUT2D eigenvalue weighted by molar-refractivity contribution is -0.149. The molecular formula is C15H26N2O4S. The van der Waals surface area contributed by atoms with E-state index >= 15 is 0 Å². The first kappa shape index (κ1) is 18.8. The second-order valence-electron chi connectivity index (χ2n) is 5.69. The molecule has 1 aliphatic carbocycles. The van der Waals surface area contributed by atoms with Crippen LogP contribution in [0.5, 0.6) is 0 Å². The van der Waals surface area contributed by atoms with Crippen molar-refractivity contribution >= 4 is 29.5 Å². The average Bonchev–Trinajstić information content (AvgIpc) is 2.52. The van der Waals surface area contributed by atoms with Crippen LogP contribution in [0.3, 0.4) is 0 Å². The number of aliphatic carboxylic acids is 1. The lowest BCUT2D eigenvalue weighted by atomic mass is 9.89. The van der Waals surface area contributed by atoms with Gasteiger partial charge in [-0.2, -0.15) is 11.8 Å².